The van der Waals surface area contributed by atoms with Crippen LogP contribution in [0.1, 0.15) is 17.2 Å². The van der Waals surface area contributed by atoms with Crippen molar-refractivity contribution in [2.24, 2.45) is 0 Å². The smallest absolute Gasteiger partial charge is 0.295 e. The van der Waals surface area contributed by atoms with Gasteiger partial charge in [-0.3, -0.25) is 14.5 Å². The minimum atomic E-state index is -0.845. The quantitative estimate of drug-likeness (QED) is 0.466. The molecule has 0 aromatic heterocycles. The van der Waals surface area contributed by atoms with Gasteiger partial charge in [0.1, 0.15) is 11.6 Å². The van der Waals surface area contributed by atoms with Gasteiger partial charge in [-0.2, -0.15) is 0 Å². The Morgan fingerprint density at radius 2 is 1.77 bits per heavy atom. The number of Topliss-reactive ketones (excluding diaryl/α,β-unsaturated/α-hetero) is 1. The molecule has 7 heteroatoms. The van der Waals surface area contributed by atoms with Crippen LogP contribution in [0.25, 0.3) is 5.76 Å². The van der Waals surface area contributed by atoms with Crippen LogP contribution in [0.2, 0.25) is 0 Å². The van der Waals surface area contributed by atoms with Crippen LogP contribution in [-0.4, -0.2) is 66.0 Å². The lowest BCUT2D eigenvalue weighted by molar-refractivity contribution is -0.140. The monoisotopic (exact) mass is 410 g/mol. The first-order valence-corrected chi connectivity index (χ1v) is 9.95. The SMILES string of the molecule is O=C1C(=O)N(CCN2CCOCC2)C(c2cccc(F)c2)C1=C(O)c1ccccc1. The summed E-state index contributed by atoms with van der Waals surface area (Å²) in [5.74, 6) is -2.16. The number of carbonyl (C=O) groups excluding carboxylic acids is 2. The first-order valence-electron chi connectivity index (χ1n) is 9.95. The highest BCUT2D eigenvalue weighted by molar-refractivity contribution is 6.46. The van der Waals surface area contributed by atoms with Crippen LogP contribution in [0.3, 0.4) is 0 Å². The molecule has 0 aliphatic carbocycles. The number of halogens is 1. The van der Waals surface area contributed by atoms with Crippen LogP contribution in [0.15, 0.2) is 60.2 Å². The van der Waals surface area contributed by atoms with Gasteiger partial charge in [0.05, 0.1) is 24.8 Å². The number of ketones is 1. The number of aliphatic hydroxyl groups excluding tert-OH is 1. The Hall–Kier alpha value is -3.03. The Morgan fingerprint density at radius 1 is 1.03 bits per heavy atom. The van der Waals surface area contributed by atoms with Crippen LogP contribution < -0.4 is 0 Å². The molecule has 1 amide bonds. The maximum absolute atomic E-state index is 14.0. The number of amides is 1. The number of morpholine rings is 1. The Morgan fingerprint density at radius 3 is 2.47 bits per heavy atom. The second-order valence-electron chi connectivity index (χ2n) is 7.37. The molecule has 2 heterocycles. The molecule has 0 spiro atoms. The Balaban J connectivity index is 1.73. The first kappa shape index (κ1) is 20.3. The highest BCUT2D eigenvalue weighted by Crippen LogP contribution is 2.39. The fraction of sp³-hybridized carbons (Fsp3) is 0.304. The average Bonchev–Trinajstić information content (AvgIpc) is 3.03. The minimum Gasteiger partial charge on any atom is -0.507 e. The zero-order valence-electron chi connectivity index (χ0n) is 16.5. The van der Waals surface area contributed by atoms with E-state index < -0.39 is 23.5 Å². The molecule has 2 saturated heterocycles. The number of benzene rings is 2. The van der Waals surface area contributed by atoms with Gasteiger partial charge in [-0.1, -0.05) is 42.5 Å². The van der Waals surface area contributed by atoms with E-state index in [9.17, 15) is 19.1 Å². The third-order valence-corrected chi connectivity index (χ3v) is 5.51. The van der Waals surface area contributed by atoms with Gasteiger partial charge in [0.15, 0.2) is 0 Å². The third kappa shape index (κ3) is 3.99. The Kier molecular flexibility index (Phi) is 5.92. The second kappa shape index (κ2) is 8.77. The van der Waals surface area contributed by atoms with Crippen LogP contribution in [0, 0.1) is 5.82 Å². The molecule has 30 heavy (non-hydrogen) atoms. The summed E-state index contributed by atoms with van der Waals surface area (Å²) < 4.78 is 19.3. The van der Waals surface area contributed by atoms with E-state index in [0.29, 0.717) is 30.9 Å². The van der Waals surface area contributed by atoms with Gasteiger partial charge < -0.3 is 14.7 Å². The van der Waals surface area contributed by atoms with Crippen LogP contribution in [0.5, 0.6) is 0 Å². The van der Waals surface area contributed by atoms with Gasteiger partial charge in [0.2, 0.25) is 0 Å². The predicted molar refractivity (Wildman–Crippen MR) is 109 cm³/mol. The van der Waals surface area contributed by atoms with Crippen molar-refractivity contribution in [3.05, 3.63) is 77.1 Å². The maximum atomic E-state index is 14.0. The second-order valence-corrected chi connectivity index (χ2v) is 7.37. The summed E-state index contributed by atoms with van der Waals surface area (Å²) in [5, 5.41) is 10.9. The summed E-state index contributed by atoms with van der Waals surface area (Å²) in [6.45, 7) is 3.60. The molecule has 2 fully saturated rings. The Labute approximate surface area is 174 Å². The zero-order chi connectivity index (χ0) is 21.1. The molecule has 0 radical (unpaired) electrons. The average molecular weight is 410 g/mol. The van der Waals surface area contributed by atoms with Crippen molar-refractivity contribution in [3.63, 3.8) is 0 Å². The van der Waals surface area contributed by atoms with E-state index in [2.05, 4.69) is 4.90 Å². The van der Waals surface area contributed by atoms with Crippen LogP contribution in [-0.2, 0) is 14.3 Å². The summed E-state index contributed by atoms with van der Waals surface area (Å²) in [7, 11) is 0. The lowest BCUT2D eigenvalue weighted by Crippen LogP contribution is -2.42. The number of hydrogen-bond donors (Lipinski definition) is 1. The molecule has 2 aromatic carbocycles. The molecular formula is C23H23FN2O4. The molecule has 4 rings (SSSR count). The molecule has 1 N–H and O–H groups in total. The van der Waals surface area contributed by atoms with Gasteiger partial charge >= 0.3 is 0 Å². The number of likely N-dealkylation sites (tertiary alicyclic amines) is 1. The van der Waals surface area contributed by atoms with Gasteiger partial charge in [0.25, 0.3) is 11.7 Å². The maximum Gasteiger partial charge on any atom is 0.295 e. The highest BCUT2D eigenvalue weighted by Gasteiger charge is 2.46. The summed E-state index contributed by atoms with van der Waals surface area (Å²) in [6.07, 6.45) is 0. The third-order valence-electron chi connectivity index (χ3n) is 5.51. The number of hydrogen-bond acceptors (Lipinski definition) is 5. The fourth-order valence-corrected chi connectivity index (χ4v) is 3.96. The molecule has 1 atom stereocenters. The van der Waals surface area contributed by atoms with Gasteiger partial charge in [-0.15, -0.1) is 0 Å². The summed E-state index contributed by atoms with van der Waals surface area (Å²) in [5.41, 5.74) is 0.873. The number of carbonyl (C=O) groups is 2. The summed E-state index contributed by atoms with van der Waals surface area (Å²) in [4.78, 5) is 29.4. The number of aliphatic hydroxyl groups is 1. The molecule has 2 aliphatic heterocycles. The number of ether oxygens (including phenoxy) is 1. The van der Waals surface area contributed by atoms with Crippen molar-refractivity contribution in [3.8, 4) is 0 Å². The predicted octanol–water partition coefficient (Wildman–Crippen LogP) is 2.58. The lowest BCUT2D eigenvalue weighted by atomic mass is 9.95. The number of rotatable bonds is 5. The largest absolute Gasteiger partial charge is 0.507 e. The first-order chi connectivity index (χ1) is 14.6. The normalized spacial score (nSPS) is 21.9. The zero-order valence-corrected chi connectivity index (χ0v) is 16.5. The molecule has 1 unspecified atom stereocenters. The van der Waals surface area contributed by atoms with Crippen molar-refractivity contribution in [1.82, 2.24) is 9.80 Å². The molecule has 156 valence electrons. The topological polar surface area (TPSA) is 70.1 Å². The van der Waals surface area contributed by atoms with Crippen molar-refractivity contribution in [2.75, 3.05) is 39.4 Å². The molecule has 6 nitrogen and oxygen atoms in total. The van der Waals surface area contributed by atoms with Crippen molar-refractivity contribution >= 4 is 17.4 Å². The summed E-state index contributed by atoms with van der Waals surface area (Å²) >= 11 is 0. The molecule has 2 aliphatic rings. The van der Waals surface area contributed by atoms with E-state index >= 15 is 0 Å². The van der Waals surface area contributed by atoms with Crippen molar-refractivity contribution in [1.29, 1.82) is 0 Å². The van der Waals surface area contributed by atoms with E-state index in [-0.39, 0.29) is 17.9 Å². The van der Waals surface area contributed by atoms with Gasteiger partial charge in [-0.25, -0.2) is 4.39 Å². The fourth-order valence-electron chi connectivity index (χ4n) is 3.96. The van der Waals surface area contributed by atoms with E-state index in [4.69, 9.17) is 4.74 Å². The molecule has 0 bridgehead atoms. The highest BCUT2D eigenvalue weighted by atomic mass is 19.1. The van der Waals surface area contributed by atoms with Crippen molar-refractivity contribution in [2.45, 2.75) is 6.04 Å². The standard InChI is InChI=1S/C23H23FN2O4/c24-18-8-4-7-17(15-18)20-19(21(27)16-5-2-1-3-6-16)22(28)23(29)26(20)10-9-25-11-13-30-14-12-25/h1-8,15,20,27H,9-14H2. The molecule has 0 saturated carbocycles. The minimum absolute atomic E-state index is 0.0150. The van der Waals surface area contributed by atoms with Crippen molar-refractivity contribution < 1.29 is 23.8 Å². The van der Waals surface area contributed by atoms with E-state index in [0.717, 1.165) is 13.1 Å². The van der Waals surface area contributed by atoms with Gasteiger partial charge in [0, 0.05) is 31.7 Å². The molecule has 2 aromatic rings. The van der Waals surface area contributed by atoms with Gasteiger partial charge in [-0.05, 0) is 17.7 Å². The summed E-state index contributed by atoms with van der Waals surface area (Å²) in [6, 6.07) is 13.6. The molecular weight excluding hydrogens is 387 g/mol. The van der Waals surface area contributed by atoms with E-state index in [1.165, 1.54) is 23.1 Å². The Bertz CT molecular complexity index is 970. The lowest BCUT2D eigenvalue weighted by Gasteiger charge is -2.31. The number of nitrogens with zero attached hydrogens (tertiary/aromatic N) is 2. The van der Waals surface area contributed by atoms with Crippen LogP contribution >= 0.6 is 0 Å². The van der Waals surface area contributed by atoms with E-state index in [1.54, 1.807) is 36.4 Å². The van der Waals surface area contributed by atoms with Crippen LogP contribution in [0.4, 0.5) is 4.39 Å². The van der Waals surface area contributed by atoms with E-state index in [1.807, 2.05) is 0 Å².